The fourth-order valence-electron chi connectivity index (χ4n) is 1.86. The van der Waals surface area contributed by atoms with Crippen molar-refractivity contribution in [1.82, 2.24) is 14.8 Å². The largest absolute Gasteiger partial charge is 0.483 e. The first-order valence-corrected chi connectivity index (χ1v) is 7.91. The predicted octanol–water partition coefficient (Wildman–Crippen LogP) is 2.90. The van der Waals surface area contributed by atoms with E-state index in [1.807, 2.05) is 23.7 Å². The van der Waals surface area contributed by atoms with Gasteiger partial charge in [-0.1, -0.05) is 0 Å². The lowest BCUT2D eigenvalue weighted by Gasteiger charge is -2.12. The number of benzene rings is 1. The smallest absolute Gasteiger partial charge is 0.164 e. The van der Waals surface area contributed by atoms with Crippen molar-refractivity contribution in [2.24, 2.45) is 5.73 Å². The Labute approximate surface area is 134 Å². The molecule has 2 rings (SSSR count). The lowest BCUT2D eigenvalue weighted by Crippen LogP contribution is -2.08. The van der Waals surface area contributed by atoms with E-state index in [0.717, 1.165) is 39.0 Å². The van der Waals surface area contributed by atoms with Gasteiger partial charge in [-0.05, 0) is 69.4 Å². The Bertz CT molecular complexity index is 562. The van der Waals surface area contributed by atoms with Crippen LogP contribution in [0.4, 0.5) is 0 Å². The summed E-state index contributed by atoms with van der Waals surface area (Å²) in [5, 5.41) is 4.12. The molecule has 1 aromatic heterocycles. The van der Waals surface area contributed by atoms with Gasteiger partial charge >= 0.3 is 0 Å². The van der Waals surface area contributed by atoms with Crippen molar-refractivity contribution in [1.29, 1.82) is 0 Å². The maximum atomic E-state index is 5.84. The van der Waals surface area contributed by atoms with Crippen LogP contribution in [-0.2, 0) is 19.6 Å². The van der Waals surface area contributed by atoms with Crippen molar-refractivity contribution in [3.8, 4) is 5.75 Å². The standard InChI is InChI=1S/C13H16Br2N4O/c1-2-19-12(17-8-18-19)7-20-13-10(14)5-9(3-4-16)6-11(13)15/h5-6,8H,2-4,7,16H2,1H3. The third kappa shape index (κ3) is 3.59. The number of aromatic nitrogens is 3. The first kappa shape index (κ1) is 15.5. The number of hydrogen-bond acceptors (Lipinski definition) is 4. The van der Waals surface area contributed by atoms with E-state index in [4.69, 9.17) is 10.5 Å². The third-order valence-electron chi connectivity index (χ3n) is 2.83. The molecule has 0 aliphatic heterocycles. The number of nitrogens with zero attached hydrogens (tertiary/aromatic N) is 3. The zero-order valence-corrected chi connectivity index (χ0v) is 14.3. The molecule has 0 aliphatic rings. The molecular weight excluding hydrogens is 388 g/mol. The number of ether oxygens (including phenoxy) is 1. The van der Waals surface area contributed by atoms with Crippen molar-refractivity contribution in [3.05, 3.63) is 38.8 Å². The summed E-state index contributed by atoms with van der Waals surface area (Å²) in [5.74, 6) is 1.56. The van der Waals surface area contributed by atoms with Gasteiger partial charge in [0.2, 0.25) is 0 Å². The fraction of sp³-hybridized carbons (Fsp3) is 0.385. The molecule has 0 unspecified atom stereocenters. The Morgan fingerprint density at radius 3 is 2.60 bits per heavy atom. The lowest BCUT2D eigenvalue weighted by atomic mass is 10.1. The molecule has 0 saturated heterocycles. The first-order valence-electron chi connectivity index (χ1n) is 6.33. The second kappa shape index (κ2) is 7.19. The van der Waals surface area contributed by atoms with Crippen LogP contribution in [0.5, 0.6) is 5.75 Å². The summed E-state index contributed by atoms with van der Waals surface area (Å²) < 4.78 is 9.45. The van der Waals surface area contributed by atoms with E-state index >= 15 is 0 Å². The molecular formula is C13H16Br2N4O. The molecule has 1 aromatic carbocycles. The van der Waals surface area contributed by atoms with Gasteiger partial charge in [0, 0.05) is 6.54 Å². The number of aryl methyl sites for hydroxylation is 1. The molecule has 108 valence electrons. The molecule has 0 bridgehead atoms. The predicted molar refractivity (Wildman–Crippen MR) is 84.6 cm³/mol. The molecule has 2 aromatic rings. The van der Waals surface area contributed by atoms with Crippen LogP contribution in [0, 0.1) is 0 Å². The summed E-state index contributed by atoms with van der Waals surface area (Å²) in [6.45, 7) is 3.79. The topological polar surface area (TPSA) is 66.0 Å². The third-order valence-corrected chi connectivity index (χ3v) is 4.01. The lowest BCUT2D eigenvalue weighted by molar-refractivity contribution is 0.283. The molecule has 7 heteroatoms. The average Bonchev–Trinajstić information content (AvgIpc) is 2.85. The Morgan fingerprint density at radius 2 is 2.00 bits per heavy atom. The minimum Gasteiger partial charge on any atom is -0.483 e. The second-order valence-electron chi connectivity index (χ2n) is 4.21. The molecule has 0 spiro atoms. The van der Waals surface area contributed by atoms with Gasteiger partial charge in [-0.3, -0.25) is 0 Å². The van der Waals surface area contributed by atoms with Gasteiger partial charge in [-0.2, -0.15) is 5.10 Å². The number of nitrogens with two attached hydrogens (primary N) is 1. The van der Waals surface area contributed by atoms with Crippen LogP contribution in [0.15, 0.2) is 27.4 Å². The highest BCUT2D eigenvalue weighted by Crippen LogP contribution is 2.35. The summed E-state index contributed by atoms with van der Waals surface area (Å²) in [7, 11) is 0. The quantitative estimate of drug-likeness (QED) is 0.805. The normalized spacial score (nSPS) is 10.8. The molecule has 0 saturated carbocycles. The monoisotopic (exact) mass is 402 g/mol. The van der Waals surface area contributed by atoms with E-state index < -0.39 is 0 Å². The molecule has 0 atom stereocenters. The first-order chi connectivity index (χ1) is 9.65. The zero-order valence-electron chi connectivity index (χ0n) is 11.1. The maximum Gasteiger partial charge on any atom is 0.164 e. The van der Waals surface area contributed by atoms with E-state index in [1.54, 1.807) is 0 Å². The van der Waals surface area contributed by atoms with Crippen LogP contribution in [0.25, 0.3) is 0 Å². The van der Waals surface area contributed by atoms with Crippen molar-refractivity contribution >= 4 is 31.9 Å². The van der Waals surface area contributed by atoms with Crippen LogP contribution >= 0.6 is 31.9 Å². The molecule has 0 amide bonds. The van der Waals surface area contributed by atoms with Crippen molar-refractivity contribution in [2.75, 3.05) is 6.54 Å². The van der Waals surface area contributed by atoms with Crippen molar-refractivity contribution in [3.63, 3.8) is 0 Å². The van der Waals surface area contributed by atoms with Gasteiger partial charge in [-0.15, -0.1) is 0 Å². The molecule has 2 N–H and O–H groups in total. The van der Waals surface area contributed by atoms with Crippen LogP contribution in [-0.4, -0.2) is 21.3 Å². The Balaban J connectivity index is 2.13. The fourth-order valence-corrected chi connectivity index (χ4v) is 3.37. The van der Waals surface area contributed by atoms with Crippen LogP contribution in [0.2, 0.25) is 0 Å². The second-order valence-corrected chi connectivity index (χ2v) is 5.92. The van der Waals surface area contributed by atoms with Crippen LogP contribution in [0.3, 0.4) is 0 Å². The highest BCUT2D eigenvalue weighted by atomic mass is 79.9. The van der Waals surface area contributed by atoms with Gasteiger partial charge in [0.05, 0.1) is 8.95 Å². The molecule has 0 fully saturated rings. The maximum absolute atomic E-state index is 5.84. The van der Waals surface area contributed by atoms with Gasteiger partial charge in [0.1, 0.15) is 18.7 Å². The number of rotatable bonds is 6. The summed E-state index contributed by atoms with van der Waals surface area (Å²) in [6, 6.07) is 4.05. The molecule has 1 heterocycles. The molecule has 20 heavy (non-hydrogen) atoms. The summed E-state index contributed by atoms with van der Waals surface area (Å²) in [5.41, 5.74) is 6.74. The molecule has 5 nitrogen and oxygen atoms in total. The van der Waals surface area contributed by atoms with E-state index in [0.29, 0.717) is 13.2 Å². The minimum atomic E-state index is 0.376. The highest BCUT2D eigenvalue weighted by molar-refractivity contribution is 9.11. The average molecular weight is 404 g/mol. The Kier molecular flexibility index (Phi) is 5.56. The van der Waals surface area contributed by atoms with E-state index in [1.165, 1.54) is 6.33 Å². The van der Waals surface area contributed by atoms with Gasteiger partial charge in [0.25, 0.3) is 0 Å². The van der Waals surface area contributed by atoms with Gasteiger partial charge < -0.3 is 10.5 Å². The minimum absolute atomic E-state index is 0.376. The SMILES string of the molecule is CCn1ncnc1COc1c(Br)cc(CCN)cc1Br. The van der Waals surface area contributed by atoms with Crippen molar-refractivity contribution in [2.45, 2.75) is 26.5 Å². The number of hydrogen-bond donors (Lipinski definition) is 1. The summed E-state index contributed by atoms with van der Waals surface area (Å²) >= 11 is 7.06. The van der Waals surface area contributed by atoms with Crippen LogP contribution < -0.4 is 10.5 Å². The molecule has 0 aliphatic carbocycles. The summed E-state index contributed by atoms with van der Waals surface area (Å²) in [4.78, 5) is 4.19. The van der Waals surface area contributed by atoms with Crippen molar-refractivity contribution < 1.29 is 4.74 Å². The zero-order chi connectivity index (χ0) is 14.5. The van der Waals surface area contributed by atoms with Crippen LogP contribution in [0.1, 0.15) is 18.3 Å². The van der Waals surface area contributed by atoms with E-state index in [2.05, 4.69) is 41.9 Å². The Hall–Kier alpha value is -0.920. The van der Waals surface area contributed by atoms with E-state index in [-0.39, 0.29) is 0 Å². The number of halogens is 2. The molecule has 0 radical (unpaired) electrons. The Morgan fingerprint density at radius 1 is 1.30 bits per heavy atom. The van der Waals surface area contributed by atoms with E-state index in [9.17, 15) is 0 Å². The van der Waals surface area contributed by atoms with Gasteiger partial charge in [0.15, 0.2) is 5.82 Å². The summed E-state index contributed by atoms with van der Waals surface area (Å²) in [6.07, 6.45) is 2.37. The highest BCUT2D eigenvalue weighted by Gasteiger charge is 2.11. The van der Waals surface area contributed by atoms with Gasteiger partial charge in [-0.25, -0.2) is 9.67 Å².